The predicted molar refractivity (Wildman–Crippen MR) is 123 cm³/mol. The first kappa shape index (κ1) is 26.6. The highest BCUT2D eigenvalue weighted by Gasteiger charge is 2.40. The molecular weight excluding hydrogens is 466 g/mol. The summed E-state index contributed by atoms with van der Waals surface area (Å²) in [6.07, 6.45) is 1.17. The average Bonchev–Trinajstić information content (AvgIpc) is 2.74. The van der Waals surface area contributed by atoms with E-state index >= 15 is 0 Å². The van der Waals surface area contributed by atoms with Crippen molar-refractivity contribution in [3.63, 3.8) is 0 Å². The number of carbonyl (C=O) groups is 2. The molecule has 1 aliphatic heterocycles. The molecule has 2 rings (SSSR count). The summed E-state index contributed by atoms with van der Waals surface area (Å²) in [7, 11) is 0. The van der Waals surface area contributed by atoms with Gasteiger partial charge in [-0.1, -0.05) is 0 Å². The minimum atomic E-state index is -0.868. The molecule has 1 atom stereocenters. The van der Waals surface area contributed by atoms with Crippen molar-refractivity contribution in [1.29, 1.82) is 5.26 Å². The van der Waals surface area contributed by atoms with E-state index in [-0.39, 0.29) is 29.2 Å². The van der Waals surface area contributed by atoms with Crippen molar-refractivity contribution < 1.29 is 28.7 Å². The Balaban J connectivity index is 2.63. The molecule has 0 saturated carbocycles. The van der Waals surface area contributed by atoms with Crippen LogP contribution in [0.2, 0.25) is 0 Å². The Bertz CT molecular complexity index is 1090. The van der Waals surface area contributed by atoms with Gasteiger partial charge >= 0.3 is 17.6 Å². The summed E-state index contributed by atoms with van der Waals surface area (Å²) >= 11 is 1.13. The van der Waals surface area contributed by atoms with Crippen LogP contribution in [0.15, 0.2) is 34.8 Å². The number of ether oxygens (including phenoxy) is 3. The van der Waals surface area contributed by atoms with Crippen LogP contribution in [-0.4, -0.2) is 51.5 Å². The number of hydrazine groups is 1. The smallest absolute Gasteiger partial charge is 0.352 e. The van der Waals surface area contributed by atoms with Crippen LogP contribution in [0.4, 0.5) is 0 Å². The van der Waals surface area contributed by atoms with Crippen LogP contribution in [-0.2, 0) is 14.3 Å². The third-order valence-corrected chi connectivity index (χ3v) is 4.92. The molecule has 0 aliphatic carbocycles. The molecule has 0 spiro atoms. The van der Waals surface area contributed by atoms with Gasteiger partial charge in [0.15, 0.2) is 5.50 Å². The summed E-state index contributed by atoms with van der Waals surface area (Å²) in [4.78, 5) is 40.2. The van der Waals surface area contributed by atoms with Crippen LogP contribution in [0.25, 0.3) is 0 Å². The SMILES string of the molecule is CCOC(=O)CC1=NC(SC)N(N)C(Oc2cc(C#N)ccc2C(=O)OC(C)(C)C)=C1[N+](=O)[O-]. The third kappa shape index (κ3) is 6.46. The first-order chi connectivity index (χ1) is 15.9. The number of rotatable bonds is 8. The van der Waals surface area contributed by atoms with E-state index in [1.165, 1.54) is 18.2 Å². The van der Waals surface area contributed by atoms with Gasteiger partial charge in [-0.25, -0.2) is 20.6 Å². The Labute approximate surface area is 200 Å². The highest BCUT2D eigenvalue weighted by atomic mass is 32.2. The van der Waals surface area contributed by atoms with E-state index in [1.54, 1.807) is 34.0 Å². The summed E-state index contributed by atoms with van der Waals surface area (Å²) in [6, 6.07) is 5.86. The fourth-order valence-electron chi connectivity index (χ4n) is 2.81. The van der Waals surface area contributed by atoms with Crippen LogP contribution in [0.1, 0.15) is 50.0 Å². The molecule has 0 aromatic heterocycles. The summed E-state index contributed by atoms with van der Waals surface area (Å²) in [5.41, 5.74) is -2.51. The highest BCUT2D eigenvalue weighted by Crippen LogP contribution is 2.31. The average molecular weight is 492 g/mol. The highest BCUT2D eigenvalue weighted by molar-refractivity contribution is 7.99. The van der Waals surface area contributed by atoms with Gasteiger partial charge in [0.25, 0.3) is 5.88 Å². The van der Waals surface area contributed by atoms with Crippen molar-refractivity contribution in [2.24, 2.45) is 10.8 Å². The minimum Gasteiger partial charge on any atom is -0.466 e. The second-order valence-corrected chi connectivity index (χ2v) is 8.76. The van der Waals surface area contributed by atoms with Crippen molar-refractivity contribution in [3.8, 4) is 11.8 Å². The molecule has 0 fully saturated rings. The Kier molecular flexibility index (Phi) is 8.61. The minimum absolute atomic E-state index is 0.0762. The van der Waals surface area contributed by atoms with E-state index in [0.29, 0.717) is 0 Å². The number of nitrogens with zero attached hydrogens (tertiary/aromatic N) is 4. The number of hydrogen-bond donors (Lipinski definition) is 1. The molecule has 0 saturated heterocycles. The first-order valence-corrected chi connectivity index (χ1v) is 11.3. The summed E-state index contributed by atoms with van der Waals surface area (Å²) < 4.78 is 16.1. The fraction of sp³-hybridized carbons (Fsp3) is 0.429. The number of nitrogens with two attached hydrogens (primary N) is 1. The van der Waals surface area contributed by atoms with Gasteiger partial charge in [0, 0.05) is 0 Å². The molecule has 1 aliphatic rings. The molecule has 1 heterocycles. The molecule has 1 aromatic carbocycles. The number of nitriles is 1. The van der Waals surface area contributed by atoms with Crippen molar-refractivity contribution in [1.82, 2.24) is 5.01 Å². The van der Waals surface area contributed by atoms with Gasteiger partial charge in [0.1, 0.15) is 22.6 Å². The molecule has 182 valence electrons. The monoisotopic (exact) mass is 491 g/mol. The van der Waals surface area contributed by atoms with Crippen LogP contribution in [0.5, 0.6) is 5.75 Å². The van der Waals surface area contributed by atoms with Crippen LogP contribution < -0.4 is 10.6 Å². The number of thioether (sulfide) groups is 1. The summed E-state index contributed by atoms with van der Waals surface area (Å²) in [5.74, 6) is 3.95. The predicted octanol–water partition coefficient (Wildman–Crippen LogP) is 2.57. The maximum absolute atomic E-state index is 12.8. The van der Waals surface area contributed by atoms with Gasteiger partial charge in [-0.2, -0.15) is 5.26 Å². The van der Waals surface area contributed by atoms with E-state index in [9.17, 15) is 25.0 Å². The number of hydrogen-bond acceptors (Lipinski definition) is 12. The number of benzene rings is 1. The van der Waals surface area contributed by atoms with Gasteiger partial charge in [-0.3, -0.25) is 14.9 Å². The molecule has 0 radical (unpaired) electrons. The van der Waals surface area contributed by atoms with Crippen LogP contribution >= 0.6 is 11.8 Å². The largest absolute Gasteiger partial charge is 0.466 e. The molecule has 0 amide bonds. The van der Waals surface area contributed by atoms with Gasteiger partial charge in [-0.15, -0.1) is 11.8 Å². The number of aliphatic imine (C=N–C) groups is 1. The van der Waals surface area contributed by atoms with E-state index < -0.39 is 46.0 Å². The van der Waals surface area contributed by atoms with Crippen molar-refractivity contribution in [3.05, 3.63) is 51.0 Å². The lowest BCUT2D eigenvalue weighted by Crippen LogP contribution is -2.45. The van der Waals surface area contributed by atoms with Gasteiger partial charge in [0.2, 0.25) is 0 Å². The van der Waals surface area contributed by atoms with Crippen LogP contribution in [0.3, 0.4) is 0 Å². The number of esters is 2. The van der Waals surface area contributed by atoms with Gasteiger partial charge in [0.05, 0.1) is 29.6 Å². The third-order valence-electron chi connectivity index (χ3n) is 4.16. The Morgan fingerprint density at radius 2 is 2.06 bits per heavy atom. The normalized spacial score (nSPS) is 15.9. The van der Waals surface area contributed by atoms with Crippen LogP contribution in [0, 0.1) is 21.4 Å². The number of nitro groups is 1. The molecule has 2 N–H and O–H groups in total. The van der Waals surface area contributed by atoms with Crippen molar-refractivity contribution in [2.45, 2.75) is 45.2 Å². The lowest BCUT2D eigenvalue weighted by Gasteiger charge is -2.30. The van der Waals surface area contributed by atoms with Gasteiger partial charge < -0.3 is 14.2 Å². The molecule has 13 heteroatoms. The Morgan fingerprint density at radius 3 is 2.59 bits per heavy atom. The lowest BCUT2D eigenvalue weighted by atomic mass is 10.1. The number of allylic oxidation sites excluding steroid dienone is 1. The maximum atomic E-state index is 12.8. The second-order valence-electron chi connectivity index (χ2n) is 7.86. The molecule has 1 aromatic rings. The standard InChI is InChI=1S/C21H25N5O7S/c1-6-31-16(27)10-14-17(26(29)30)18(25(23)20(24-14)34-5)32-15-9-12(11-22)7-8-13(15)19(28)33-21(2,3)4/h7-9,20H,6,10,23H2,1-5H3. The molecule has 0 bridgehead atoms. The van der Waals surface area contributed by atoms with E-state index in [2.05, 4.69) is 4.99 Å². The van der Waals surface area contributed by atoms with E-state index in [4.69, 9.17) is 20.1 Å². The molecule has 34 heavy (non-hydrogen) atoms. The van der Waals surface area contributed by atoms with Crippen molar-refractivity contribution >= 4 is 29.4 Å². The van der Waals surface area contributed by atoms with Gasteiger partial charge in [-0.05, 0) is 52.1 Å². The molecule has 1 unspecified atom stereocenters. The second kappa shape index (κ2) is 11.0. The van der Waals surface area contributed by atoms with E-state index in [0.717, 1.165) is 16.8 Å². The van der Waals surface area contributed by atoms with Crippen molar-refractivity contribution in [2.75, 3.05) is 12.9 Å². The maximum Gasteiger partial charge on any atom is 0.352 e. The summed E-state index contributed by atoms with van der Waals surface area (Å²) in [6.45, 7) is 6.71. The quantitative estimate of drug-likeness (QED) is 0.245. The Morgan fingerprint density at radius 1 is 1.38 bits per heavy atom. The van der Waals surface area contributed by atoms with E-state index in [1.807, 2.05) is 6.07 Å². The molecule has 12 nitrogen and oxygen atoms in total. The fourth-order valence-corrected chi connectivity index (χ4v) is 3.37. The Hall–Kier alpha value is -3.63. The summed E-state index contributed by atoms with van der Waals surface area (Å²) in [5, 5.41) is 22.2. The zero-order valence-electron chi connectivity index (χ0n) is 19.4. The zero-order valence-corrected chi connectivity index (χ0v) is 20.2. The first-order valence-electron chi connectivity index (χ1n) is 10.0. The zero-order chi connectivity index (χ0) is 25.6. The molecular formula is C21H25N5O7S. The topological polar surface area (TPSA) is 170 Å². The number of carbonyl (C=O) groups excluding carboxylic acids is 2. The lowest BCUT2D eigenvalue weighted by molar-refractivity contribution is -0.419.